The summed E-state index contributed by atoms with van der Waals surface area (Å²) in [5.74, 6) is -0.122. The van der Waals surface area contributed by atoms with Gasteiger partial charge in [-0.2, -0.15) is 0 Å². The summed E-state index contributed by atoms with van der Waals surface area (Å²) in [6.07, 6.45) is 4.51. The van der Waals surface area contributed by atoms with Crippen molar-refractivity contribution in [2.24, 2.45) is 0 Å². The summed E-state index contributed by atoms with van der Waals surface area (Å²) in [6.45, 7) is 1.03. The lowest BCUT2D eigenvalue weighted by atomic mass is 9.73. The van der Waals surface area contributed by atoms with E-state index in [4.69, 9.17) is 4.74 Å². The molecule has 1 saturated carbocycles. The molecule has 1 aliphatic heterocycles. The minimum absolute atomic E-state index is 0.122. The van der Waals surface area contributed by atoms with Crippen LogP contribution in [0.25, 0.3) is 0 Å². The van der Waals surface area contributed by atoms with Gasteiger partial charge >= 0.3 is 0 Å². The zero-order chi connectivity index (χ0) is 21.2. The summed E-state index contributed by atoms with van der Waals surface area (Å²) in [5, 5.41) is 2.69. The Kier molecular flexibility index (Phi) is 6.32. The molecule has 1 amide bonds. The Morgan fingerprint density at radius 2 is 1.70 bits per heavy atom. The molecule has 7 heteroatoms. The van der Waals surface area contributed by atoms with Crippen molar-refractivity contribution < 1.29 is 17.9 Å². The maximum Gasteiger partial charge on any atom is 0.235 e. The Bertz CT molecular complexity index is 1010. The fraction of sp³-hybridized carbons (Fsp3) is 0.435. The van der Waals surface area contributed by atoms with Crippen LogP contribution < -0.4 is 5.32 Å². The van der Waals surface area contributed by atoms with E-state index in [-0.39, 0.29) is 16.1 Å². The van der Waals surface area contributed by atoms with Gasteiger partial charge in [-0.1, -0.05) is 47.0 Å². The van der Waals surface area contributed by atoms with Gasteiger partial charge in [-0.25, -0.2) is 8.42 Å². The number of hydrogen-bond acceptors (Lipinski definition) is 4. The van der Waals surface area contributed by atoms with E-state index in [1.807, 2.05) is 24.3 Å². The van der Waals surface area contributed by atoms with Crippen molar-refractivity contribution in [3.63, 3.8) is 0 Å². The van der Waals surface area contributed by atoms with E-state index in [9.17, 15) is 13.2 Å². The third kappa shape index (κ3) is 4.20. The Hall–Kier alpha value is -1.70. The highest BCUT2D eigenvalue weighted by molar-refractivity contribution is 9.10. The molecule has 0 spiro atoms. The fourth-order valence-corrected chi connectivity index (χ4v) is 6.69. The minimum Gasteiger partial charge on any atom is -0.381 e. The molecule has 2 fully saturated rings. The van der Waals surface area contributed by atoms with Crippen LogP contribution in [0.4, 0.5) is 5.69 Å². The maximum absolute atomic E-state index is 13.5. The summed E-state index contributed by atoms with van der Waals surface area (Å²) < 4.78 is 32.4. The second kappa shape index (κ2) is 8.81. The van der Waals surface area contributed by atoms with Gasteiger partial charge in [-0.3, -0.25) is 4.79 Å². The van der Waals surface area contributed by atoms with Crippen molar-refractivity contribution in [1.82, 2.24) is 0 Å². The number of benzene rings is 2. The molecule has 30 heavy (non-hydrogen) atoms. The predicted molar refractivity (Wildman–Crippen MR) is 120 cm³/mol. The van der Waals surface area contributed by atoms with Crippen LogP contribution in [0, 0.1) is 0 Å². The molecule has 1 aliphatic carbocycles. The van der Waals surface area contributed by atoms with Gasteiger partial charge in [-0.15, -0.1) is 0 Å². The lowest BCUT2D eigenvalue weighted by Gasteiger charge is -2.36. The second-order valence-electron chi connectivity index (χ2n) is 8.13. The number of rotatable bonds is 5. The van der Waals surface area contributed by atoms with Crippen LogP contribution in [0.3, 0.4) is 0 Å². The van der Waals surface area contributed by atoms with Crippen LogP contribution in [-0.4, -0.2) is 32.8 Å². The standard InChI is InChI=1S/C23H26BrNO4S/c24-18-10-8-17(9-11-18)23(12-14-29-15-13-23)22(26)25-19-4-3-7-21(16-19)30(27,28)20-5-1-2-6-20/h3-4,7-11,16,20H,1-2,5-6,12-15H2,(H,25,26). The largest absolute Gasteiger partial charge is 0.381 e. The number of carbonyl (C=O) groups excluding carboxylic acids is 1. The summed E-state index contributed by atoms with van der Waals surface area (Å²) in [7, 11) is -3.37. The van der Waals surface area contributed by atoms with Crippen molar-refractivity contribution in [1.29, 1.82) is 0 Å². The van der Waals surface area contributed by atoms with E-state index >= 15 is 0 Å². The Morgan fingerprint density at radius 3 is 2.37 bits per heavy atom. The first kappa shape index (κ1) is 21.5. The van der Waals surface area contributed by atoms with Gasteiger partial charge in [0.05, 0.1) is 15.6 Å². The summed E-state index contributed by atoms with van der Waals surface area (Å²) in [5.41, 5.74) is 0.766. The van der Waals surface area contributed by atoms with Gasteiger partial charge in [0.1, 0.15) is 0 Å². The normalized spacial score (nSPS) is 19.5. The molecular formula is C23H26BrNO4S. The Morgan fingerprint density at radius 1 is 1.03 bits per heavy atom. The number of amides is 1. The molecule has 160 valence electrons. The molecule has 0 atom stereocenters. The topological polar surface area (TPSA) is 72.5 Å². The first-order valence-corrected chi connectivity index (χ1v) is 12.7. The molecule has 0 unspecified atom stereocenters. The SMILES string of the molecule is O=C(Nc1cccc(S(=O)(=O)C2CCCC2)c1)C1(c2ccc(Br)cc2)CCOCC1. The van der Waals surface area contributed by atoms with E-state index in [2.05, 4.69) is 21.2 Å². The van der Waals surface area contributed by atoms with E-state index in [0.29, 0.717) is 44.6 Å². The molecule has 1 N–H and O–H groups in total. The zero-order valence-electron chi connectivity index (χ0n) is 16.8. The molecular weight excluding hydrogens is 466 g/mol. The van der Waals surface area contributed by atoms with E-state index in [0.717, 1.165) is 22.9 Å². The van der Waals surface area contributed by atoms with Crippen LogP contribution in [0.1, 0.15) is 44.1 Å². The molecule has 4 rings (SSSR count). The highest BCUT2D eigenvalue weighted by Crippen LogP contribution is 2.37. The average molecular weight is 492 g/mol. The number of nitrogens with one attached hydrogen (secondary N) is 1. The molecule has 2 aromatic rings. The first-order valence-electron chi connectivity index (χ1n) is 10.4. The van der Waals surface area contributed by atoms with Crippen molar-refractivity contribution in [3.05, 3.63) is 58.6 Å². The first-order chi connectivity index (χ1) is 14.4. The molecule has 1 heterocycles. The Labute approximate surface area is 186 Å². The molecule has 0 bridgehead atoms. The van der Waals surface area contributed by atoms with Crippen molar-refractivity contribution in [3.8, 4) is 0 Å². The Balaban J connectivity index is 1.61. The van der Waals surface area contributed by atoms with Crippen molar-refractivity contribution >= 4 is 37.4 Å². The number of sulfone groups is 1. The van der Waals surface area contributed by atoms with Gasteiger partial charge in [0.2, 0.25) is 5.91 Å². The molecule has 0 radical (unpaired) electrons. The number of ether oxygens (including phenoxy) is 1. The van der Waals surface area contributed by atoms with Crippen LogP contribution >= 0.6 is 15.9 Å². The minimum atomic E-state index is -3.37. The monoisotopic (exact) mass is 491 g/mol. The second-order valence-corrected chi connectivity index (χ2v) is 11.3. The smallest absolute Gasteiger partial charge is 0.235 e. The molecule has 5 nitrogen and oxygen atoms in total. The van der Waals surface area contributed by atoms with Gasteiger partial charge in [0.25, 0.3) is 0 Å². The predicted octanol–water partition coefficient (Wildman–Crippen LogP) is 4.85. The molecule has 0 aromatic heterocycles. The quantitative estimate of drug-likeness (QED) is 0.648. The van der Waals surface area contributed by atoms with Gasteiger partial charge in [0, 0.05) is 23.4 Å². The maximum atomic E-state index is 13.5. The summed E-state index contributed by atoms with van der Waals surface area (Å²) in [4.78, 5) is 13.8. The van der Waals surface area contributed by atoms with Crippen LogP contribution in [0.15, 0.2) is 57.9 Å². The van der Waals surface area contributed by atoms with Crippen molar-refractivity contribution in [2.45, 2.75) is 54.1 Å². The zero-order valence-corrected chi connectivity index (χ0v) is 19.2. The van der Waals surface area contributed by atoms with E-state index in [1.165, 1.54) is 0 Å². The number of halogens is 1. The van der Waals surface area contributed by atoms with Crippen LogP contribution in [0.5, 0.6) is 0 Å². The molecule has 1 saturated heterocycles. The van der Waals surface area contributed by atoms with E-state index < -0.39 is 15.3 Å². The fourth-order valence-electron chi connectivity index (χ4n) is 4.53. The number of anilines is 1. The lowest BCUT2D eigenvalue weighted by molar-refractivity contribution is -0.125. The van der Waals surface area contributed by atoms with Crippen molar-refractivity contribution in [2.75, 3.05) is 18.5 Å². The van der Waals surface area contributed by atoms with Crippen LogP contribution in [0.2, 0.25) is 0 Å². The highest BCUT2D eigenvalue weighted by atomic mass is 79.9. The van der Waals surface area contributed by atoms with E-state index in [1.54, 1.807) is 24.3 Å². The highest BCUT2D eigenvalue weighted by Gasteiger charge is 2.42. The average Bonchev–Trinajstić information content (AvgIpc) is 3.31. The van der Waals surface area contributed by atoms with Gasteiger partial charge in [-0.05, 0) is 61.6 Å². The van der Waals surface area contributed by atoms with Gasteiger partial charge in [0.15, 0.2) is 9.84 Å². The van der Waals surface area contributed by atoms with Crippen LogP contribution in [-0.2, 0) is 24.8 Å². The third-order valence-corrected chi connectivity index (χ3v) is 9.13. The number of carbonyl (C=O) groups is 1. The summed E-state index contributed by atoms with van der Waals surface area (Å²) in [6, 6.07) is 14.5. The third-order valence-electron chi connectivity index (χ3n) is 6.34. The molecule has 2 aromatic carbocycles. The lowest BCUT2D eigenvalue weighted by Crippen LogP contribution is -2.44. The number of hydrogen-bond donors (Lipinski definition) is 1. The molecule has 2 aliphatic rings. The van der Waals surface area contributed by atoms with Gasteiger partial charge < -0.3 is 10.1 Å². The summed E-state index contributed by atoms with van der Waals surface area (Å²) >= 11 is 3.45.